The molecule has 1 atom stereocenters. The third-order valence-electron chi connectivity index (χ3n) is 2.99. The highest BCUT2D eigenvalue weighted by atomic mass is 35.5. The van der Waals surface area contributed by atoms with Gasteiger partial charge >= 0.3 is 0 Å². The average molecular weight is 353 g/mol. The van der Waals surface area contributed by atoms with Gasteiger partial charge in [-0.15, -0.1) is 11.3 Å². The Hall–Kier alpha value is -1.50. The average Bonchev–Trinajstić information content (AvgIpc) is 3.12. The molecule has 2 aromatic heterocycles. The van der Waals surface area contributed by atoms with Gasteiger partial charge in [0.2, 0.25) is 5.91 Å². The number of aromatic nitrogens is 1. The van der Waals surface area contributed by atoms with Crippen molar-refractivity contribution in [2.75, 3.05) is 0 Å². The summed E-state index contributed by atoms with van der Waals surface area (Å²) < 4.78 is 7.11. The highest BCUT2D eigenvalue weighted by Crippen LogP contribution is 2.33. The maximum Gasteiger partial charge on any atom is 0.233 e. The number of furan rings is 1. The number of amides is 1. The van der Waals surface area contributed by atoms with E-state index in [1.807, 2.05) is 31.2 Å². The van der Waals surface area contributed by atoms with Crippen molar-refractivity contribution < 1.29 is 9.21 Å². The van der Waals surface area contributed by atoms with Gasteiger partial charge in [-0.1, -0.05) is 23.4 Å². The summed E-state index contributed by atoms with van der Waals surface area (Å²) in [7, 11) is 0. The van der Waals surface area contributed by atoms with E-state index in [4.69, 9.17) is 16.0 Å². The maximum atomic E-state index is 12.1. The molecule has 1 unspecified atom stereocenters. The minimum Gasteiger partial charge on any atom is -0.467 e. The lowest BCUT2D eigenvalue weighted by Gasteiger charge is -2.09. The Morgan fingerprint density at radius 1 is 1.50 bits per heavy atom. The van der Waals surface area contributed by atoms with Crippen LogP contribution in [-0.4, -0.2) is 16.1 Å². The van der Waals surface area contributed by atoms with Crippen LogP contribution in [0.5, 0.6) is 0 Å². The Balaban J connectivity index is 1.61. The third-order valence-corrected chi connectivity index (χ3v) is 5.46. The van der Waals surface area contributed by atoms with Crippen LogP contribution in [0.25, 0.3) is 10.2 Å². The van der Waals surface area contributed by atoms with E-state index in [0.717, 1.165) is 20.3 Å². The van der Waals surface area contributed by atoms with Gasteiger partial charge < -0.3 is 9.73 Å². The van der Waals surface area contributed by atoms with Gasteiger partial charge in [-0.3, -0.25) is 4.79 Å². The number of nitrogens with one attached hydrogen (secondary N) is 1. The second-order valence-corrected chi connectivity index (χ2v) is 7.70. The van der Waals surface area contributed by atoms with Crippen LogP contribution in [0.2, 0.25) is 5.02 Å². The number of carbonyl (C=O) groups is 1. The fourth-order valence-corrected chi connectivity index (χ4v) is 4.25. The molecule has 0 aliphatic heterocycles. The molecule has 0 spiro atoms. The van der Waals surface area contributed by atoms with Crippen molar-refractivity contribution >= 4 is 50.8 Å². The monoisotopic (exact) mass is 352 g/mol. The quantitative estimate of drug-likeness (QED) is 0.694. The first-order valence-electron chi connectivity index (χ1n) is 6.64. The van der Waals surface area contributed by atoms with Crippen molar-refractivity contribution in [2.45, 2.75) is 23.1 Å². The Kier molecular flexibility index (Phi) is 4.71. The summed E-state index contributed by atoms with van der Waals surface area (Å²) in [5.41, 5.74) is 0.864. The number of halogens is 1. The van der Waals surface area contributed by atoms with Crippen LogP contribution in [0.3, 0.4) is 0 Å². The van der Waals surface area contributed by atoms with E-state index >= 15 is 0 Å². The molecule has 1 N–H and O–H groups in total. The number of nitrogens with zero attached hydrogens (tertiary/aromatic N) is 1. The Morgan fingerprint density at radius 2 is 2.36 bits per heavy atom. The number of rotatable bonds is 5. The summed E-state index contributed by atoms with van der Waals surface area (Å²) in [5.74, 6) is 0.693. The van der Waals surface area contributed by atoms with E-state index in [-0.39, 0.29) is 11.2 Å². The predicted octanol–water partition coefficient (Wildman–Crippen LogP) is 4.34. The largest absolute Gasteiger partial charge is 0.467 e. The molecule has 3 aromatic rings. The van der Waals surface area contributed by atoms with Crippen LogP contribution in [0, 0.1) is 0 Å². The van der Waals surface area contributed by atoms with Gasteiger partial charge in [0.25, 0.3) is 0 Å². The molecular formula is C15H13ClN2O2S2. The van der Waals surface area contributed by atoms with Crippen LogP contribution < -0.4 is 5.32 Å². The van der Waals surface area contributed by atoms with Crippen molar-refractivity contribution in [3.63, 3.8) is 0 Å². The van der Waals surface area contributed by atoms with Gasteiger partial charge in [-0.25, -0.2) is 4.98 Å². The van der Waals surface area contributed by atoms with Gasteiger partial charge in [0.1, 0.15) is 5.76 Å². The molecular weight excluding hydrogens is 340 g/mol. The van der Waals surface area contributed by atoms with Gasteiger partial charge in [0, 0.05) is 5.02 Å². The molecule has 0 fully saturated rings. The van der Waals surface area contributed by atoms with Gasteiger partial charge in [0.15, 0.2) is 4.34 Å². The zero-order valence-corrected chi connectivity index (χ0v) is 14.1. The number of hydrogen-bond acceptors (Lipinski definition) is 5. The van der Waals surface area contributed by atoms with Crippen LogP contribution in [0.15, 0.2) is 45.4 Å². The highest BCUT2D eigenvalue weighted by molar-refractivity contribution is 8.02. The normalized spacial score (nSPS) is 12.5. The molecule has 2 heterocycles. The van der Waals surface area contributed by atoms with Crippen molar-refractivity contribution in [2.24, 2.45) is 0 Å². The first-order chi connectivity index (χ1) is 10.6. The van der Waals surface area contributed by atoms with Gasteiger partial charge in [-0.2, -0.15) is 0 Å². The van der Waals surface area contributed by atoms with Crippen LogP contribution >= 0.6 is 34.7 Å². The smallest absolute Gasteiger partial charge is 0.233 e. The maximum absolute atomic E-state index is 12.1. The lowest BCUT2D eigenvalue weighted by molar-refractivity contribution is -0.120. The Morgan fingerprint density at radius 3 is 3.14 bits per heavy atom. The summed E-state index contributed by atoms with van der Waals surface area (Å²) in [6.07, 6.45) is 1.59. The Bertz CT molecular complexity index is 786. The molecule has 4 nitrogen and oxygen atoms in total. The number of carbonyl (C=O) groups excluding carboxylic acids is 1. The molecule has 22 heavy (non-hydrogen) atoms. The molecule has 0 aliphatic rings. The number of thiazole rings is 1. The van der Waals surface area contributed by atoms with E-state index in [9.17, 15) is 4.79 Å². The summed E-state index contributed by atoms with van der Waals surface area (Å²) in [6.45, 7) is 2.26. The summed E-state index contributed by atoms with van der Waals surface area (Å²) in [4.78, 5) is 16.6. The molecule has 0 aliphatic carbocycles. The number of benzene rings is 1. The van der Waals surface area contributed by atoms with Crippen molar-refractivity contribution in [3.05, 3.63) is 47.4 Å². The molecule has 0 bridgehead atoms. The minimum absolute atomic E-state index is 0.0429. The number of hydrogen-bond donors (Lipinski definition) is 1. The molecule has 0 radical (unpaired) electrons. The van der Waals surface area contributed by atoms with Crippen molar-refractivity contribution in [3.8, 4) is 0 Å². The molecule has 0 saturated carbocycles. The minimum atomic E-state index is -0.231. The van der Waals surface area contributed by atoms with E-state index < -0.39 is 0 Å². The first kappa shape index (κ1) is 15.4. The molecule has 1 aromatic carbocycles. The fraction of sp³-hybridized carbons (Fsp3) is 0.200. The molecule has 1 amide bonds. The lowest BCUT2D eigenvalue weighted by atomic mass is 10.3. The molecule has 0 saturated heterocycles. The van der Waals surface area contributed by atoms with Gasteiger partial charge in [0.05, 0.1) is 28.3 Å². The summed E-state index contributed by atoms with van der Waals surface area (Å²) in [5, 5.41) is 3.28. The van der Waals surface area contributed by atoms with Crippen LogP contribution in [-0.2, 0) is 11.3 Å². The topological polar surface area (TPSA) is 55.1 Å². The van der Waals surface area contributed by atoms with E-state index in [1.165, 1.54) is 11.8 Å². The van der Waals surface area contributed by atoms with Crippen molar-refractivity contribution in [1.82, 2.24) is 10.3 Å². The second-order valence-electron chi connectivity index (χ2n) is 4.65. The highest BCUT2D eigenvalue weighted by Gasteiger charge is 2.17. The van der Waals surface area contributed by atoms with Gasteiger partial charge in [-0.05, 0) is 37.3 Å². The van der Waals surface area contributed by atoms with Crippen LogP contribution in [0.4, 0.5) is 0 Å². The fourth-order valence-electron chi connectivity index (χ4n) is 1.87. The van der Waals surface area contributed by atoms with E-state index in [1.54, 1.807) is 23.7 Å². The third kappa shape index (κ3) is 3.63. The summed E-state index contributed by atoms with van der Waals surface area (Å²) >= 11 is 8.96. The summed E-state index contributed by atoms with van der Waals surface area (Å²) in [6, 6.07) is 9.25. The molecule has 3 rings (SSSR count). The lowest BCUT2D eigenvalue weighted by Crippen LogP contribution is -2.30. The predicted molar refractivity (Wildman–Crippen MR) is 90.5 cm³/mol. The zero-order valence-electron chi connectivity index (χ0n) is 11.7. The molecule has 7 heteroatoms. The standard InChI is InChI=1S/C15H13ClN2O2S2/c1-9(14(19)17-8-11-3-2-6-20-11)21-15-18-12-7-10(16)4-5-13(12)22-15/h2-7,9H,8H2,1H3,(H,17,19). The number of thioether (sulfide) groups is 1. The Labute approximate surface area is 140 Å². The SMILES string of the molecule is CC(Sc1nc2cc(Cl)ccc2s1)C(=O)NCc1ccco1. The van der Waals surface area contributed by atoms with E-state index in [2.05, 4.69) is 10.3 Å². The zero-order chi connectivity index (χ0) is 15.5. The molecule has 114 valence electrons. The second kappa shape index (κ2) is 6.73. The number of fused-ring (bicyclic) bond motifs is 1. The van der Waals surface area contributed by atoms with Crippen LogP contribution in [0.1, 0.15) is 12.7 Å². The van der Waals surface area contributed by atoms with Crippen molar-refractivity contribution in [1.29, 1.82) is 0 Å². The van der Waals surface area contributed by atoms with E-state index in [0.29, 0.717) is 11.6 Å². The first-order valence-corrected chi connectivity index (χ1v) is 8.72.